The zero-order valence-electron chi connectivity index (χ0n) is 14.9. The van der Waals surface area contributed by atoms with E-state index in [0.29, 0.717) is 24.4 Å². The molecular formula is C19H22N2O4S. The molecule has 0 bridgehead atoms. The Morgan fingerprint density at radius 1 is 1.19 bits per heavy atom. The number of rotatable bonds is 6. The third kappa shape index (κ3) is 3.89. The molecule has 26 heavy (non-hydrogen) atoms. The van der Waals surface area contributed by atoms with Gasteiger partial charge in [0.05, 0.1) is 17.7 Å². The van der Waals surface area contributed by atoms with Crippen LogP contribution in [0.2, 0.25) is 0 Å². The average molecular weight is 374 g/mol. The summed E-state index contributed by atoms with van der Waals surface area (Å²) < 4.78 is 33.3. The molecule has 0 aliphatic carbocycles. The maximum Gasteiger partial charge on any atom is 0.240 e. The van der Waals surface area contributed by atoms with Crippen molar-refractivity contribution in [3.8, 4) is 5.75 Å². The minimum atomic E-state index is -3.71. The normalized spacial score (nSPS) is 14.7. The predicted octanol–water partition coefficient (Wildman–Crippen LogP) is 2.61. The SMILES string of the molecule is COc1ccc(S(=O)(=O)NCc2cccc(C)c2)cc1N1CCCC1=O. The molecule has 2 aromatic carbocycles. The van der Waals surface area contributed by atoms with Crippen LogP contribution in [0, 0.1) is 6.92 Å². The third-order valence-corrected chi connectivity index (χ3v) is 5.77. The zero-order chi connectivity index (χ0) is 18.7. The second-order valence-electron chi connectivity index (χ2n) is 6.30. The molecular weight excluding hydrogens is 352 g/mol. The first-order valence-corrected chi connectivity index (χ1v) is 9.92. The third-order valence-electron chi connectivity index (χ3n) is 4.37. The van der Waals surface area contributed by atoms with Crippen molar-refractivity contribution in [2.75, 3.05) is 18.6 Å². The van der Waals surface area contributed by atoms with Crippen molar-refractivity contribution in [2.24, 2.45) is 0 Å². The Morgan fingerprint density at radius 3 is 2.65 bits per heavy atom. The summed E-state index contributed by atoms with van der Waals surface area (Å²) in [6.07, 6.45) is 1.22. The molecule has 1 saturated heterocycles. The van der Waals surface area contributed by atoms with Crippen molar-refractivity contribution in [2.45, 2.75) is 31.2 Å². The summed E-state index contributed by atoms with van der Waals surface area (Å²) in [6.45, 7) is 2.73. The van der Waals surface area contributed by atoms with E-state index in [4.69, 9.17) is 4.74 Å². The van der Waals surface area contributed by atoms with Gasteiger partial charge in [-0.25, -0.2) is 13.1 Å². The number of benzene rings is 2. The lowest BCUT2D eigenvalue weighted by molar-refractivity contribution is -0.117. The van der Waals surface area contributed by atoms with Crippen LogP contribution in [0.5, 0.6) is 5.75 Å². The van der Waals surface area contributed by atoms with Gasteiger partial charge in [0, 0.05) is 19.5 Å². The number of amides is 1. The van der Waals surface area contributed by atoms with E-state index in [-0.39, 0.29) is 17.3 Å². The van der Waals surface area contributed by atoms with Gasteiger partial charge in [-0.1, -0.05) is 29.8 Å². The topological polar surface area (TPSA) is 75.7 Å². The van der Waals surface area contributed by atoms with E-state index in [1.807, 2.05) is 31.2 Å². The molecule has 3 rings (SSSR count). The Morgan fingerprint density at radius 2 is 2.00 bits per heavy atom. The molecule has 0 saturated carbocycles. The van der Waals surface area contributed by atoms with Crippen molar-refractivity contribution in [1.29, 1.82) is 0 Å². The lowest BCUT2D eigenvalue weighted by Gasteiger charge is -2.20. The molecule has 1 heterocycles. The molecule has 1 amide bonds. The van der Waals surface area contributed by atoms with E-state index < -0.39 is 10.0 Å². The number of anilines is 1. The first-order chi connectivity index (χ1) is 12.4. The molecule has 1 aliphatic heterocycles. The Bertz CT molecular complexity index is 925. The van der Waals surface area contributed by atoms with Gasteiger partial charge in [0.25, 0.3) is 0 Å². The van der Waals surface area contributed by atoms with E-state index in [1.165, 1.54) is 19.2 Å². The molecule has 1 fully saturated rings. The van der Waals surface area contributed by atoms with Crippen LogP contribution in [0.1, 0.15) is 24.0 Å². The standard InChI is InChI=1S/C19H22N2O4S/c1-14-5-3-6-15(11-14)13-20-26(23,24)16-8-9-18(25-2)17(12-16)21-10-4-7-19(21)22/h3,5-6,8-9,11-12,20H,4,7,10,13H2,1-2H3. The fourth-order valence-electron chi connectivity index (χ4n) is 3.03. The molecule has 0 radical (unpaired) electrons. The van der Waals surface area contributed by atoms with Crippen molar-refractivity contribution in [1.82, 2.24) is 4.72 Å². The number of hydrogen-bond acceptors (Lipinski definition) is 4. The van der Waals surface area contributed by atoms with Gasteiger partial charge >= 0.3 is 0 Å². The Labute approximate surface area is 153 Å². The van der Waals surface area contributed by atoms with Crippen LogP contribution < -0.4 is 14.4 Å². The zero-order valence-corrected chi connectivity index (χ0v) is 15.7. The van der Waals surface area contributed by atoms with Crippen LogP contribution in [0.15, 0.2) is 47.4 Å². The van der Waals surface area contributed by atoms with Crippen LogP contribution >= 0.6 is 0 Å². The van der Waals surface area contributed by atoms with Crippen LogP contribution in [0.4, 0.5) is 5.69 Å². The fraction of sp³-hybridized carbons (Fsp3) is 0.316. The Kier molecular flexibility index (Phi) is 5.29. The van der Waals surface area contributed by atoms with Gasteiger partial charge in [-0.3, -0.25) is 4.79 Å². The number of carbonyl (C=O) groups excluding carboxylic acids is 1. The minimum absolute atomic E-state index is 0.0226. The van der Waals surface area contributed by atoms with Crippen molar-refractivity contribution in [3.63, 3.8) is 0 Å². The molecule has 0 spiro atoms. The average Bonchev–Trinajstić information content (AvgIpc) is 3.05. The molecule has 138 valence electrons. The monoisotopic (exact) mass is 374 g/mol. The highest BCUT2D eigenvalue weighted by atomic mass is 32.2. The van der Waals surface area contributed by atoms with Crippen molar-refractivity contribution < 1.29 is 17.9 Å². The van der Waals surface area contributed by atoms with Gasteiger partial charge < -0.3 is 9.64 Å². The molecule has 0 unspecified atom stereocenters. The fourth-order valence-corrected chi connectivity index (χ4v) is 4.07. The number of aryl methyl sites for hydroxylation is 1. The summed E-state index contributed by atoms with van der Waals surface area (Å²) >= 11 is 0. The van der Waals surface area contributed by atoms with Gasteiger partial charge in [-0.2, -0.15) is 0 Å². The molecule has 6 nitrogen and oxygen atoms in total. The first kappa shape index (κ1) is 18.4. The van der Waals surface area contributed by atoms with Crippen LogP contribution in [-0.4, -0.2) is 28.0 Å². The maximum atomic E-state index is 12.7. The quantitative estimate of drug-likeness (QED) is 0.843. The van der Waals surface area contributed by atoms with Gasteiger partial charge in [0.2, 0.25) is 15.9 Å². The highest BCUT2D eigenvalue weighted by Crippen LogP contribution is 2.33. The van der Waals surface area contributed by atoms with Crippen LogP contribution in [0.25, 0.3) is 0 Å². The van der Waals surface area contributed by atoms with Crippen molar-refractivity contribution in [3.05, 3.63) is 53.6 Å². The van der Waals surface area contributed by atoms with Crippen LogP contribution in [0.3, 0.4) is 0 Å². The largest absolute Gasteiger partial charge is 0.495 e. The number of sulfonamides is 1. The maximum absolute atomic E-state index is 12.7. The molecule has 2 aromatic rings. The molecule has 7 heteroatoms. The van der Waals surface area contributed by atoms with E-state index in [9.17, 15) is 13.2 Å². The van der Waals surface area contributed by atoms with Gasteiger partial charge in [-0.05, 0) is 37.1 Å². The lowest BCUT2D eigenvalue weighted by Crippen LogP contribution is -2.26. The van der Waals surface area contributed by atoms with E-state index in [0.717, 1.165) is 17.5 Å². The molecule has 0 aromatic heterocycles. The van der Waals surface area contributed by atoms with Crippen LogP contribution in [-0.2, 0) is 21.4 Å². The van der Waals surface area contributed by atoms with E-state index >= 15 is 0 Å². The second kappa shape index (κ2) is 7.47. The molecule has 0 atom stereocenters. The van der Waals surface area contributed by atoms with E-state index in [2.05, 4.69) is 4.72 Å². The highest BCUT2D eigenvalue weighted by Gasteiger charge is 2.26. The smallest absolute Gasteiger partial charge is 0.240 e. The summed E-state index contributed by atoms with van der Waals surface area (Å²) in [5, 5.41) is 0. The number of nitrogens with zero attached hydrogens (tertiary/aromatic N) is 1. The first-order valence-electron chi connectivity index (χ1n) is 8.44. The lowest BCUT2D eigenvalue weighted by atomic mass is 10.1. The highest BCUT2D eigenvalue weighted by molar-refractivity contribution is 7.89. The molecule has 1 N–H and O–H groups in total. The van der Waals surface area contributed by atoms with E-state index in [1.54, 1.807) is 11.0 Å². The number of hydrogen-bond donors (Lipinski definition) is 1. The van der Waals surface area contributed by atoms with Gasteiger partial charge in [-0.15, -0.1) is 0 Å². The number of ether oxygens (including phenoxy) is 1. The number of methoxy groups -OCH3 is 1. The predicted molar refractivity (Wildman–Crippen MR) is 99.8 cm³/mol. The van der Waals surface area contributed by atoms with Gasteiger partial charge in [0.15, 0.2) is 0 Å². The summed E-state index contributed by atoms with van der Waals surface area (Å²) in [7, 11) is -2.21. The second-order valence-corrected chi connectivity index (χ2v) is 8.06. The summed E-state index contributed by atoms with van der Waals surface area (Å²) in [5.74, 6) is 0.462. The summed E-state index contributed by atoms with van der Waals surface area (Å²) in [6, 6.07) is 12.2. The number of carbonyl (C=O) groups is 1. The molecule has 1 aliphatic rings. The summed E-state index contributed by atoms with van der Waals surface area (Å²) in [5.41, 5.74) is 2.45. The van der Waals surface area contributed by atoms with Gasteiger partial charge in [0.1, 0.15) is 5.75 Å². The van der Waals surface area contributed by atoms with Crippen molar-refractivity contribution >= 4 is 21.6 Å². The Hall–Kier alpha value is -2.38. The minimum Gasteiger partial charge on any atom is -0.495 e. The number of nitrogens with one attached hydrogen (secondary N) is 1. The summed E-state index contributed by atoms with van der Waals surface area (Å²) in [4.78, 5) is 13.7. The Balaban J connectivity index is 1.86.